The van der Waals surface area contributed by atoms with Gasteiger partial charge in [0.1, 0.15) is 18.5 Å². The number of aliphatic hydroxyl groups excluding tert-OH is 2. The lowest BCUT2D eigenvalue weighted by atomic mass is 10.1. The van der Waals surface area contributed by atoms with Crippen LogP contribution in [0.25, 0.3) is 0 Å². The highest BCUT2D eigenvalue weighted by atomic mass is 16.6. The van der Waals surface area contributed by atoms with Crippen molar-refractivity contribution in [2.75, 3.05) is 0 Å². The largest absolute Gasteiger partial charge is 0.388 e. The molecule has 0 saturated carbocycles. The van der Waals surface area contributed by atoms with E-state index in [4.69, 9.17) is 10.2 Å². The molecule has 1 unspecified atom stereocenters. The second kappa shape index (κ2) is 3.09. The number of ether oxygens (including phenoxy) is 1. The summed E-state index contributed by atoms with van der Waals surface area (Å²) < 4.78 is 4.69. The topological polar surface area (TPSA) is 66.8 Å². The third-order valence-electron chi connectivity index (χ3n) is 1.54. The normalized spacial score (nSPS) is 41.2. The maximum atomic E-state index is 10.1. The van der Waals surface area contributed by atoms with Crippen LogP contribution < -0.4 is 0 Å². The first kappa shape index (κ1) is 7.65. The minimum absolute atomic E-state index is 0.421. The Morgan fingerprint density at radius 3 is 2.60 bits per heavy atom. The summed E-state index contributed by atoms with van der Waals surface area (Å²) in [7, 11) is 0. The molecule has 4 nitrogen and oxygen atoms in total. The van der Waals surface area contributed by atoms with Gasteiger partial charge in [0.15, 0.2) is 6.29 Å². The van der Waals surface area contributed by atoms with E-state index in [9.17, 15) is 4.79 Å². The van der Waals surface area contributed by atoms with E-state index in [-0.39, 0.29) is 0 Å². The molecule has 0 spiro atoms. The van der Waals surface area contributed by atoms with E-state index in [0.717, 1.165) is 0 Å². The predicted molar refractivity (Wildman–Crippen MR) is 32.2 cm³/mol. The second-order valence-corrected chi connectivity index (χ2v) is 2.35. The molecule has 0 aromatic carbocycles. The van der Waals surface area contributed by atoms with Gasteiger partial charge < -0.3 is 19.7 Å². The van der Waals surface area contributed by atoms with E-state index >= 15 is 0 Å². The van der Waals surface area contributed by atoms with Gasteiger partial charge in [-0.2, -0.15) is 0 Å². The number of aliphatic hydroxyl groups is 2. The van der Waals surface area contributed by atoms with E-state index in [1.807, 2.05) is 0 Å². The standard InChI is InChI=1S/C6H10O4/c7-3-4-1-2-5(8)6(9)10-4/h3-6,8-9H,1-2H2/t4-,5-,6?/m1/s1. The average molecular weight is 146 g/mol. The van der Waals surface area contributed by atoms with Gasteiger partial charge in [-0.3, -0.25) is 0 Å². The molecular weight excluding hydrogens is 136 g/mol. The molecule has 10 heavy (non-hydrogen) atoms. The van der Waals surface area contributed by atoms with Crippen LogP contribution in [0.2, 0.25) is 0 Å². The van der Waals surface area contributed by atoms with Crippen molar-refractivity contribution in [1.29, 1.82) is 0 Å². The summed E-state index contributed by atoms with van der Waals surface area (Å²) in [6.45, 7) is 0. The highest BCUT2D eigenvalue weighted by molar-refractivity contribution is 5.56. The molecule has 0 bridgehead atoms. The van der Waals surface area contributed by atoms with Gasteiger partial charge in [-0.15, -0.1) is 0 Å². The average Bonchev–Trinajstić information content (AvgIpc) is 1.95. The second-order valence-electron chi connectivity index (χ2n) is 2.35. The Morgan fingerprint density at radius 1 is 1.40 bits per heavy atom. The number of hydrogen-bond acceptors (Lipinski definition) is 4. The van der Waals surface area contributed by atoms with Crippen LogP contribution in [-0.2, 0) is 9.53 Å². The molecular formula is C6H10O4. The molecule has 1 aliphatic heterocycles. The van der Waals surface area contributed by atoms with Crippen molar-refractivity contribution in [3.05, 3.63) is 0 Å². The van der Waals surface area contributed by atoms with Crippen LogP contribution in [0.3, 0.4) is 0 Å². The van der Waals surface area contributed by atoms with Crippen LogP contribution in [0, 0.1) is 0 Å². The summed E-state index contributed by atoms with van der Waals surface area (Å²) in [5.74, 6) is 0. The van der Waals surface area contributed by atoms with Gasteiger partial charge in [0.05, 0.1) is 0 Å². The molecule has 1 heterocycles. The van der Waals surface area contributed by atoms with Crippen molar-refractivity contribution in [3.63, 3.8) is 0 Å². The SMILES string of the molecule is O=C[C@H]1CC[C@@H](O)C(O)O1. The number of hydrogen-bond donors (Lipinski definition) is 2. The van der Waals surface area contributed by atoms with Crippen LogP contribution in [0.15, 0.2) is 0 Å². The van der Waals surface area contributed by atoms with Crippen molar-refractivity contribution < 1.29 is 19.7 Å². The van der Waals surface area contributed by atoms with E-state index in [0.29, 0.717) is 19.1 Å². The summed E-state index contributed by atoms with van der Waals surface area (Å²) in [5.41, 5.74) is 0. The summed E-state index contributed by atoms with van der Waals surface area (Å²) in [6, 6.07) is 0. The van der Waals surface area contributed by atoms with Crippen molar-refractivity contribution in [1.82, 2.24) is 0 Å². The highest BCUT2D eigenvalue weighted by Gasteiger charge is 2.27. The van der Waals surface area contributed by atoms with Gasteiger partial charge in [-0.1, -0.05) is 0 Å². The fraction of sp³-hybridized carbons (Fsp3) is 0.833. The Kier molecular flexibility index (Phi) is 2.37. The summed E-state index contributed by atoms with van der Waals surface area (Å²) in [5, 5.41) is 17.7. The van der Waals surface area contributed by atoms with Gasteiger partial charge in [0, 0.05) is 0 Å². The fourth-order valence-corrected chi connectivity index (χ4v) is 0.916. The Bertz CT molecular complexity index is 125. The Labute approximate surface area is 58.4 Å². The zero-order valence-corrected chi connectivity index (χ0v) is 5.43. The first-order valence-electron chi connectivity index (χ1n) is 3.21. The molecule has 1 aliphatic rings. The summed E-state index contributed by atoms with van der Waals surface area (Å²) >= 11 is 0. The molecule has 1 fully saturated rings. The number of rotatable bonds is 1. The van der Waals surface area contributed by atoms with Crippen LogP contribution >= 0.6 is 0 Å². The highest BCUT2D eigenvalue weighted by Crippen LogP contribution is 2.16. The third-order valence-corrected chi connectivity index (χ3v) is 1.54. The number of carbonyl (C=O) groups is 1. The minimum atomic E-state index is -1.19. The lowest BCUT2D eigenvalue weighted by molar-refractivity contribution is -0.209. The van der Waals surface area contributed by atoms with Crippen LogP contribution in [-0.4, -0.2) is 35.0 Å². The fourth-order valence-electron chi connectivity index (χ4n) is 0.916. The van der Waals surface area contributed by atoms with Crippen LogP contribution in [0.4, 0.5) is 0 Å². The van der Waals surface area contributed by atoms with Gasteiger partial charge >= 0.3 is 0 Å². The van der Waals surface area contributed by atoms with Crippen molar-refractivity contribution in [2.24, 2.45) is 0 Å². The van der Waals surface area contributed by atoms with Crippen LogP contribution in [0.5, 0.6) is 0 Å². The maximum Gasteiger partial charge on any atom is 0.181 e. The van der Waals surface area contributed by atoms with Crippen molar-refractivity contribution >= 4 is 6.29 Å². The van der Waals surface area contributed by atoms with Crippen LogP contribution in [0.1, 0.15) is 12.8 Å². The third kappa shape index (κ3) is 1.53. The quantitative estimate of drug-likeness (QED) is 0.468. The lowest BCUT2D eigenvalue weighted by Crippen LogP contribution is -2.39. The predicted octanol–water partition coefficient (Wildman–Crippen LogP) is -0.956. The summed E-state index contributed by atoms with van der Waals surface area (Å²) in [4.78, 5) is 10.1. The lowest BCUT2D eigenvalue weighted by Gasteiger charge is -2.27. The molecule has 0 aliphatic carbocycles. The van der Waals surface area contributed by atoms with Gasteiger partial charge in [-0.25, -0.2) is 0 Å². The van der Waals surface area contributed by atoms with E-state index < -0.39 is 18.5 Å². The van der Waals surface area contributed by atoms with Crippen molar-refractivity contribution in [2.45, 2.75) is 31.3 Å². The number of carbonyl (C=O) groups excluding carboxylic acids is 1. The molecule has 0 aromatic rings. The molecule has 4 heteroatoms. The zero-order chi connectivity index (χ0) is 7.56. The van der Waals surface area contributed by atoms with Gasteiger partial charge in [0.2, 0.25) is 0 Å². The maximum absolute atomic E-state index is 10.1. The Morgan fingerprint density at radius 2 is 2.10 bits per heavy atom. The van der Waals surface area contributed by atoms with Crippen molar-refractivity contribution in [3.8, 4) is 0 Å². The first-order chi connectivity index (χ1) is 4.74. The van der Waals surface area contributed by atoms with E-state index in [1.165, 1.54) is 0 Å². The Balaban J connectivity index is 2.40. The van der Waals surface area contributed by atoms with E-state index in [2.05, 4.69) is 4.74 Å². The monoisotopic (exact) mass is 146 g/mol. The Hall–Kier alpha value is -0.450. The molecule has 3 atom stereocenters. The molecule has 0 aromatic heterocycles. The molecule has 0 radical (unpaired) electrons. The zero-order valence-electron chi connectivity index (χ0n) is 5.43. The summed E-state index contributed by atoms with van der Waals surface area (Å²) in [6.07, 6.45) is -1.03. The molecule has 58 valence electrons. The minimum Gasteiger partial charge on any atom is -0.388 e. The van der Waals surface area contributed by atoms with Gasteiger partial charge in [-0.05, 0) is 12.8 Å². The molecule has 0 amide bonds. The smallest absolute Gasteiger partial charge is 0.181 e. The molecule has 1 rings (SSSR count). The first-order valence-corrected chi connectivity index (χ1v) is 3.21. The number of aldehydes is 1. The van der Waals surface area contributed by atoms with E-state index in [1.54, 1.807) is 0 Å². The molecule has 1 saturated heterocycles. The van der Waals surface area contributed by atoms with Gasteiger partial charge in [0.25, 0.3) is 0 Å². The molecule has 2 N–H and O–H groups in total.